The summed E-state index contributed by atoms with van der Waals surface area (Å²) in [6.45, 7) is 1.73. The Labute approximate surface area is 128 Å². The van der Waals surface area contributed by atoms with Crippen LogP contribution in [0.25, 0.3) is 0 Å². The molecule has 0 spiro atoms. The predicted molar refractivity (Wildman–Crippen MR) is 79.9 cm³/mol. The van der Waals surface area contributed by atoms with Crippen LogP contribution in [0.2, 0.25) is 0 Å². The predicted octanol–water partition coefficient (Wildman–Crippen LogP) is -0.804. The van der Waals surface area contributed by atoms with Crippen LogP contribution < -0.4 is 15.8 Å². The van der Waals surface area contributed by atoms with Gasteiger partial charge in [-0.05, 0) is 24.6 Å². The van der Waals surface area contributed by atoms with Crippen molar-refractivity contribution in [1.82, 2.24) is 10.0 Å². The van der Waals surface area contributed by atoms with E-state index in [-0.39, 0.29) is 29.2 Å². The lowest BCUT2D eigenvalue weighted by atomic mass is 10.1. The average molecular weight is 329 g/mol. The van der Waals surface area contributed by atoms with E-state index in [9.17, 15) is 18.0 Å². The van der Waals surface area contributed by atoms with Gasteiger partial charge in [-0.2, -0.15) is 0 Å². The van der Waals surface area contributed by atoms with Crippen molar-refractivity contribution in [2.75, 3.05) is 19.7 Å². The third-order valence-electron chi connectivity index (χ3n) is 2.70. The summed E-state index contributed by atoms with van der Waals surface area (Å²) in [6, 6.07) is 3.47. The highest BCUT2D eigenvalue weighted by molar-refractivity contribution is 7.89. The lowest BCUT2D eigenvalue weighted by Gasteiger charge is -2.10. The topological polar surface area (TPSA) is 139 Å². The van der Waals surface area contributed by atoms with Crippen molar-refractivity contribution in [2.45, 2.75) is 18.2 Å². The summed E-state index contributed by atoms with van der Waals surface area (Å²) in [5.74, 6) is -1.34. The number of rotatable bonds is 8. The summed E-state index contributed by atoms with van der Waals surface area (Å²) in [5, 5.41) is 11.3. The number of primary amides is 1. The molecule has 8 nitrogen and oxygen atoms in total. The second-order valence-corrected chi connectivity index (χ2v) is 6.25. The standard InChI is InChI=1S/C13H19N3O5S/c1-2-3-15-13(19)10-6-9(12(14)18)7-11(8-10)22(20,21)16-4-5-17/h6-8,16-17H,2-5H2,1H3,(H2,14,18)(H,15,19). The molecule has 1 aromatic rings. The summed E-state index contributed by atoms with van der Waals surface area (Å²) in [5.41, 5.74) is 5.10. The Bertz CT molecular complexity index is 658. The minimum absolute atomic E-state index is 0.0223. The molecular weight excluding hydrogens is 310 g/mol. The molecule has 1 aromatic carbocycles. The van der Waals surface area contributed by atoms with Crippen LogP contribution >= 0.6 is 0 Å². The maximum atomic E-state index is 12.0. The van der Waals surface area contributed by atoms with E-state index in [1.165, 1.54) is 6.07 Å². The van der Waals surface area contributed by atoms with Gasteiger partial charge >= 0.3 is 0 Å². The molecule has 0 aromatic heterocycles. The fourth-order valence-corrected chi connectivity index (χ4v) is 2.72. The zero-order chi connectivity index (χ0) is 16.8. The Morgan fingerprint density at radius 3 is 2.36 bits per heavy atom. The molecule has 0 bridgehead atoms. The first-order valence-electron chi connectivity index (χ1n) is 6.65. The van der Waals surface area contributed by atoms with E-state index in [2.05, 4.69) is 10.0 Å². The first-order chi connectivity index (χ1) is 10.3. The number of carbonyl (C=O) groups is 2. The van der Waals surface area contributed by atoms with Crippen LogP contribution in [0.15, 0.2) is 23.1 Å². The second kappa shape index (κ2) is 7.87. The zero-order valence-electron chi connectivity index (χ0n) is 12.1. The van der Waals surface area contributed by atoms with E-state index < -0.39 is 21.8 Å². The van der Waals surface area contributed by atoms with Crippen LogP contribution in [0, 0.1) is 0 Å². The van der Waals surface area contributed by atoms with Crippen molar-refractivity contribution < 1.29 is 23.1 Å². The van der Waals surface area contributed by atoms with Crippen LogP contribution in [-0.4, -0.2) is 45.0 Å². The number of aliphatic hydroxyl groups is 1. The van der Waals surface area contributed by atoms with Gasteiger partial charge in [-0.1, -0.05) is 6.92 Å². The number of benzene rings is 1. The van der Waals surface area contributed by atoms with E-state index >= 15 is 0 Å². The average Bonchev–Trinajstić information content (AvgIpc) is 2.50. The van der Waals surface area contributed by atoms with Crippen molar-refractivity contribution in [3.8, 4) is 0 Å². The summed E-state index contributed by atoms with van der Waals surface area (Å²) >= 11 is 0. The van der Waals surface area contributed by atoms with Gasteiger partial charge in [0.1, 0.15) is 0 Å². The second-order valence-electron chi connectivity index (χ2n) is 4.49. The molecule has 9 heteroatoms. The molecule has 0 aliphatic carbocycles. The molecule has 0 aliphatic heterocycles. The molecular formula is C13H19N3O5S. The van der Waals surface area contributed by atoms with Gasteiger partial charge in [-0.25, -0.2) is 13.1 Å². The highest BCUT2D eigenvalue weighted by Crippen LogP contribution is 2.15. The summed E-state index contributed by atoms with van der Waals surface area (Å²) < 4.78 is 26.2. The lowest BCUT2D eigenvalue weighted by molar-refractivity contribution is 0.0953. The van der Waals surface area contributed by atoms with Gasteiger partial charge in [0.2, 0.25) is 15.9 Å². The molecule has 0 aliphatic rings. The van der Waals surface area contributed by atoms with Crippen molar-refractivity contribution >= 4 is 21.8 Å². The third-order valence-corrected chi connectivity index (χ3v) is 4.14. The first kappa shape index (κ1) is 18.1. The smallest absolute Gasteiger partial charge is 0.251 e. The number of aliphatic hydroxyl groups excluding tert-OH is 1. The Morgan fingerprint density at radius 2 is 1.82 bits per heavy atom. The molecule has 0 radical (unpaired) electrons. The molecule has 122 valence electrons. The number of nitrogens with two attached hydrogens (primary N) is 1. The number of nitrogens with one attached hydrogen (secondary N) is 2. The van der Waals surface area contributed by atoms with Crippen LogP contribution in [0.5, 0.6) is 0 Å². The number of sulfonamides is 1. The maximum Gasteiger partial charge on any atom is 0.251 e. The number of hydrogen-bond donors (Lipinski definition) is 4. The van der Waals surface area contributed by atoms with Gasteiger partial charge in [-0.3, -0.25) is 9.59 Å². The fourth-order valence-electron chi connectivity index (χ4n) is 1.63. The van der Waals surface area contributed by atoms with E-state index in [0.717, 1.165) is 12.1 Å². The Kier molecular flexibility index (Phi) is 6.47. The molecule has 0 atom stereocenters. The largest absolute Gasteiger partial charge is 0.395 e. The molecule has 5 N–H and O–H groups in total. The number of hydrogen-bond acceptors (Lipinski definition) is 5. The molecule has 0 saturated carbocycles. The van der Waals surface area contributed by atoms with Crippen LogP contribution in [0.3, 0.4) is 0 Å². The maximum absolute atomic E-state index is 12.0. The van der Waals surface area contributed by atoms with Crippen molar-refractivity contribution in [3.63, 3.8) is 0 Å². The van der Waals surface area contributed by atoms with Gasteiger partial charge < -0.3 is 16.2 Å². The SMILES string of the molecule is CCCNC(=O)c1cc(C(N)=O)cc(S(=O)(=O)NCCO)c1. The minimum Gasteiger partial charge on any atom is -0.395 e. The summed E-state index contributed by atoms with van der Waals surface area (Å²) in [6.07, 6.45) is 0.713. The van der Waals surface area contributed by atoms with Gasteiger partial charge in [0, 0.05) is 24.2 Å². The quantitative estimate of drug-likeness (QED) is 0.494. The Balaban J connectivity index is 3.25. The molecule has 0 unspecified atom stereocenters. The lowest BCUT2D eigenvalue weighted by Crippen LogP contribution is -2.28. The van der Waals surface area contributed by atoms with E-state index in [1.807, 2.05) is 6.92 Å². The number of amides is 2. The first-order valence-corrected chi connectivity index (χ1v) is 8.13. The summed E-state index contributed by atoms with van der Waals surface area (Å²) in [4.78, 5) is 23.0. The van der Waals surface area contributed by atoms with E-state index in [0.29, 0.717) is 13.0 Å². The third kappa shape index (κ3) is 4.79. The van der Waals surface area contributed by atoms with Gasteiger partial charge in [0.25, 0.3) is 5.91 Å². The molecule has 2 amide bonds. The van der Waals surface area contributed by atoms with Crippen LogP contribution in [0.4, 0.5) is 0 Å². The van der Waals surface area contributed by atoms with Gasteiger partial charge in [0.05, 0.1) is 11.5 Å². The molecule has 1 rings (SSSR count). The fraction of sp³-hybridized carbons (Fsp3) is 0.385. The van der Waals surface area contributed by atoms with Crippen molar-refractivity contribution in [3.05, 3.63) is 29.3 Å². The highest BCUT2D eigenvalue weighted by Gasteiger charge is 2.19. The molecule has 0 saturated heterocycles. The van der Waals surface area contributed by atoms with Crippen LogP contribution in [0.1, 0.15) is 34.1 Å². The van der Waals surface area contributed by atoms with Crippen LogP contribution in [-0.2, 0) is 10.0 Å². The van der Waals surface area contributed by atoms with Gasteiger partial charge in [0.15, 0.2) is 0 Å². The van der Waals surface area contributed by atoms with Crippen molar-refractivity contribution in [2.24, 2.45) is 5.73 Å². The number of carbonyl (C=O) groups excluding carboxylic acids is 2. The van der Waals surface area contributed by atoms with Crippen molar-refractivity contribution in [1.29, 1.82) is 0 Å². The molecule has 0 fully saturated rings. The molecule has 22 heavy (non-hydrogen) atoms. The highest BCUT2D eigenvalue weighted by atomic mass is 32.2. The summed E-state index contributed by atoms with van der Waals surface area (Å²) in [7, 11) is -3.95. The monoisotopic (exact) mass is 329 g/mol. The molecule has 0 heterocycles. The Morgan fingerprint density at radius 1 is 1.18 bits per heavy atom. The zero-order valence-corrected chi connectivity index (χ0v) is 12.9. The van der Waals surface area contributed by atoms with E-state index in [4.69, 9.17) is 10.8 Å². The van der Waals surface area contributed by atoms with E-state index in [1.54, 1.807) is 0 Å². The minimum atomic E-state index is -3.95. The van der Waals surface area contributed by atoms with Gasteiger partial charge in [-0.15, -0.1) is 0 Å². The normalized spacial score (nSPS) is 11.2. The Hall–Kier alpha value is -1.97.